The third kappa shape index (κ3) is 4.63. The van der Waals surface area contributed by atoms with Gasteiger partial charge in [-0.1, -0.05) is 93.1 Å². The fraction of sp³-hybridized carbons (Fsp3) is 0.172. The van der Waals surface area contributed by atoms with Gasteiger partial charge in [0, 0.05) is 21.8 Å². The summed E-state index contributed by atoms with van der Waals surface area (Å²) < 4.78 is 0. The number of H-pyrrole nitrogens is 1. The fourth-order valence-electron chi connectivity index (χ4n) is 3.87. The van der Waals surface area contributed by atoms with Gasteiger partial charge in [-0.2, -0.15) is 0 Å². The summed E-state index contributed by atoms with van der Waals surface area (Å²) in [6, 6.07) is 34.9. The summed E-state index contributed by atoms with van der Waals surface area (Å²) in [6.45, 7) is 4.25. The Bertz CT molecular complexity index is 1120. The van der Waals surface area contributed by atoms with E-state index < -0.39 is 0 Å². The van der Waals surface area contributed by atoms with Crippen LogP contribution < -0.4 is 0 Å². The summed E-state index contributed by atoms with van der Waals surface area (Å²) in [5, 5.41) is 2.63. The standard InChI is InChI=1S/C26H21N.C3H8/c1-3-7-19(8-4-1)15-21-11-13-25-23(17-21)24-18-22(12-14-26(24)27-25)16-20-9-5-2-6-10-20;1-3-2/h1-14,17-18,27H,15-16H2;3H2,1-2H3. The van der Waals surface area contributed by atoms with Crippen LogP contribution in [0, 0.1) is 0 Å². The molecule has 1 nitrogen and oxygen atoms in total. The van der Waals surface area contributed by atoms with Crippen molar-refractivity contribution in [1.82, 2.24) is 4.98 Å². The summed E-state index contributed by atoms with van der Waals surface area (Å²) >= 11 is 0. The van der Waals surface area contributed by atoms with Gasteiger partial charge in [-0.25, -0.2) is 0 Å². The third-order valence-electron chi connectivity index (χ3n) is 5.23. The molecule has 0 unspecified atom stereocenters. The lowest BCUT2D eigenvalue weighted by molar-refractivity contribution is 1.09. The van der Waals surface area contributed by atoms with Crippen LogP contribution in [0.1, 0.15) is 42.5 Å². The molecule has 0 spiro atoms. The number of hydrogen-bond acceptors (Lipinski definition) is 0. The molecular weight excluding hydrogens is 362 g/mol. The Labute approximate surface area is 179 Å². The molecule has 1 N–H and O–H groups in total. The quantitative estimate of drug-likeness (QED) is 0.320. The third-order valence-corrected chi connectivity index (χ3v) is 5.23. The Morgan fingerprint density at radius 1 is 0.500 bits per heavy atom. The van der Waals surface area contributed by atoms with E-state index in [-0.39, 0.29) is 0 Å². The van der Waals surface area contributed by atoms with Gasteiger partial charge in [-0.15, -0.1) is 0 Å². The first-order valence-corrected chi connectivity index (χ1v) is 10.9. The molecule has 4 aromatic carbocycles. The van der Waals surface area contributed by atoms with Gasteiger partial charge in [0.15, 0.2) is 0 Å². The highest BCUT2D eigenvalue weighted by Crippen LogP contribution is 2.28. The van der Waals surface area contributed by atoms with Gasteiger partial charge in [-0.3, -0.25) is 0 Å². The normalized spacial score (nSPS) is 10.7. The lowest BCUT2D eigenvalue weighted by Gasteiger charge is -2.04. The molecule has 150 valence electrons. The van der Waals surface area contributed by atoms with E-state index in [0.717, 1.165) is 12.8 Å². The molecule has 5 aromatic rings. The zero-order valence-electron chi connectivity index (χ0n) is 17.9. The van der Waals surface area contributed by atoms with E-state index in [1.54, 1.807) is 0 Å². The zero-order valence-corrected chi connectivity index (χ0v) is 17.9. The Balaban J connectivity index is 0.000000687. The van der Waals surface area contributed by atoms with Crippen molar-refractivity contribution in [2.45, 2.75) is 33.1 Å². The Morgan fingerprint density at radius 3 is 1.30 bits per heavy atom. The van der Waals surface area contributed by atoms with Gasteiger partial charge in [0.1, 0.15) is 0 Å². The van der Waals surface area contributed by atoms with Crippen molar-refractivity contribution in [3.63, 3.8) is 0 Å². The van der Waals surface area contributed by atoms with E-state index in [0.29, 0.717) is 0 Å². The average molecular weight is 392 g/mol. The molecule has 0 fully saturated rings. The summed E-state index contributed by atoms with van der Waals surface area (Å²) in [5.41, 5.74) is 7.81. The van der Waals surface area contributed by atoms with Crippen molar-refractivity contribution < 1.29 is 0 Å². The minimum Gasteiger partial charge on any atom is -0.355 e. The number of nitrogens with one attached hydrogen (secondary N) is 1. The van der Waals surface area contributed by atoms with Crippen LogP contribution in [0.25, 0.3) is 21.8 Å². The molecule has 30 heavy (non-hydrogen) atoms. The molecule has 0 bridgehead atoms. The number of aromatic amines is 1. The first-order valence-electron chi connectivity index (χ1n) is 10.9. The summed E-state index contributed by atoms with van der Waals surface area (Å²) in [6.07, 6.45) is 3.18. The highest BCUT2D eigenvalue weighted by Gasteiger charge is 2.07. The second kappa shape index (κ2) is 9.45. The maximum atomic E-state index is 3.56. The summed E-state index contributed by atoms with van der Waals surface area (Å²) in [5.74, 6) is 0. The van der Waals surface area contributed by atoms with E-state index in [1.807, 2.05) is 0 Å². The second-order valence-electron chi connectivity index (χ2n) is 7.92. The monoisotopic (exact) mass is 391 g/mol. The lowest BCUT2D eigenvalue weighted by atomic mass is 10.0. The van der Waals surface area contributed by atoms with Crippen LogP contribution in [-0.2, 0) is 12.8 Å². The smallest absolute Gasteiger partial charge is 0.0465 e. The average Bonchev–Trinajstić information content (AvgIpc) is 3.13. The molecule has 0 amide bonds. The minimum atomic E-state index is 0.965. The van der Waals surface area contributed by atoms with Crippen molar-refractivity contribution in [2.24, 2.45) is 0 Å². The molecule has 5 rings (SSSR count). The number of fused-ring (bicyclic) bond motifs is 3. The highest BCUT2D eigenvalue weighted by atomic mass is 14.7. The van der Waals surface area contributed by atoms with E-state index in [4.69, 9.17) is 0 Å². The molecule has 0 radical (unpaired) electrons. The molecule has 0 saturated carbocycles. The maximum absolute atomic E-state index is 3.56. The lowest BCUT2D eigenvalue weighted by Crippen LogP contribution is -1.88. The van der Waals surface area contributed by atoms with Crippen molar-refractivity contribution in [2.75, 3.05) is 0 Å². The van der Waals surface area contributed by atoms with Gasteiger partial charge >= 0.3 is 0 Å². The van der Waals surface area contributed by atoms with Gasteiger partial charge in [0.05, 0.1) is 0 Å². The molecule has 0 aliphatic heterocycles. The van der Waals surface area contributed by atoms with Crippen LogP contribution in [-0.4, -0.2) is 4.98 Å². The Hall–Kier alpha value is -3.32. The fourth-order valence-corrected chi connectivity index (χ4v) is 3.87. The van der Waals surface area contributed by atoms with Crippen LogP contribution >= 0.6 is 0 Å². The van der Waals surface area contributed by atoms with Gasteiger partial charge in [0.25, 0.3) is 0 Å². The van der Waals surface area contributed by atoms with E-state index in [9.17, 15) is 0 Å². The Morgan fingerprint density at radius 2 is 0.900 bits per heavy atom. The van der Waals surface area contributed by atoms with Crippen molar-refractivity contribution in [1.29, 1.82) is 0 Å². The Kier molecular flexibility index (Phi) is 6.29. The minimum absolute atomic E-state index is 0.965. The number of rotatable bonds is 4. The summed E-state index contributed by atoms with van der Waals surface area (Å²) in [4.78, 5) is 3.56. The maximum Gasteiger partial charge on any atom is 0.0465 e. The van der Waals surface area contributed by atoms with Crippen LogP contribution in [0.3, 0.4) is 0 Å². The molecule has 1 heteroatoms. The second-order valence-corrected chi connectivity index (χ2v) is 7.92. The zero-order chi connectivity index (χ0) is 20.8. The van der Waals surface area contributed by atoms with Crippen LogP contribution in [0.5, 0.6) is 0 Å². The predicted molar refractivity (Wildman–Crippen MR) is 130 cm³/mol. The van der Waals surface area contributed by atoms with E-state index in [1.165, 1.54) is 50.5 Å². The molecule has 1 aromatic heterocycles. The van der Waals surface area contributed by atoms with E-state index in [2.05, 4.69) is 116 Å². The number of benzene rings is 4. The molecular formula is C29H29N. The molecule has 0 saturated heterocycles. The van der Waals surface area contributed by atoms with Gasteiger partial charge in [-0.05, 0) is 59.4 Å². The van der Waals surface area contributed by atoms with Crippen molar-refractivity contribution in [3.8, 4) is 0 Å². The van der Waals surface area contributed by atoms with Crippen LogP contribution in [0.15, 0.2) is 97.1 Å². The first kappa shape index (κ1) is 20.0. The van der Waals surface area contributed by atoms with Crippen molar-refractivity contribution in [3.05, 3.63) is 119 Å². The molecule has 0 aliphatic carbocycles. The van der Waals surface area contributed by atoms with Crippen molar-refractivity contribution >= 4 is 21.8 Å². The van der Waals surface area contributed by atoms with Crippen LogP contribution in [0.2, 0.25) is 0 Å². The summed E-state index contributed by atoms with van der Waals surface area (Å²) in [7, 11) is 0. The van der Waals surface area contributed by atoms with Gasteiger partial charge in [0.2, 0.25) is 0 Å². The number of aromatic nitrogens is 1. The SMILES string of the molecule is CCC.c1ccc(Cc2ccc3[nH]c4ccc(Cc5ccccc5)cc4c3c2)cc1. The molecule has 0 atom stereocenters. The molecule has 1 heterocycles. The number of hydrogen-bond donors (Lipinski definition) is 1. The predicted octanol–water partition coefficient (Wildman–Crippen LogP) is 7.92. The van der Waals surface area contributed by atoms with Crippen LogP contribution in [0.4, 0.5) is 0 Å². The molecule has 0 aliphatic rings. The first-order chi connectivity index (χ1) is 14.8. The van der Waals surface area contributed by atoms with Gasteiger partial charge < -0.3 is 4.98 Å². The highest BCUT2D eigenvalue weighted by molar-refractivity contribution is 6.07. The largest absolute Gasteiger partial charge is 0.355 e. The topological polar surface area (TPSA) is 15.8 Å². The van der Waals surface area contributed by atoms with E-state index >= 15 is 0 Å².